The van der Waals surface area contributed by atoms with E-state index in [1.54, 1.807) is 32.6 Å². The van der Waals surface area contributed by atoms with Crippen LogP contribution < -0.4 is 20.1 Å². The normalized spacial score (nSPS) is 10.9. The van der Waals surface area contributed by atoms with Crippen molar-refractivity contribution < 1.29 is 18.3 Å². The minimum atomic E-state index is -0.289. The zero-order valence-corrected chi connectivity index (χ0v) is 19.8. The van der Waals surface area contributed by atoms with E-state index in [-0.39, 0.29) is 29.8 Å². The van der Waals surface area contributed by atoms with Gasteiger partial charge >= 0.3 is 0 Å². The number of hydrogen-bond donors (Lipinski definition) is 2. The molecule has 0 aliphatic rings. The maximum Gasteiger partial charge on any atom is 0.226 e. The van der Waals surface area contributed by atoms with E-state index in [0.29, 0.717) is 38.0 Å². The zero-order chi connectivity index (χ0) is 21.2. The Morgan fingerprint density at radius 1 is 1.03 bits per heavy atom. The van der Waals surface area contributed by atoms with Crippen molar-refractivity contribution in [1.82, 2.24) is 15.6 Å². The highest BCUT2D eigenvalue weighted by atomic mass is 127. The molecule has 1 heterocycles. The first-order valence-corrected chi connectivity index (χ1v) is 9.59. The number of halogens is 2. The van der Waals surface area contributed by atoms with Crippen molar-refractivity contribution in [3.8, 4) is 23.0 Å². The molecule has 0 fully saturated rings. The van der Waals surface area contributed by atoms with Crippen LogP contribution in [0, 0.1) is 5.82 Å². The van der Waals surface area contributed by atoms with Gasteiger partial charge in [0.1, 0.15) is 30.2 Å². The first kappa shape index (κ1) is 24.4. The number of oxazole rings is 1. The number of hydrogen-bond acceptors (Lipinski definition) is 5. The Morgan fingerprint density at radius 3 is 2.39 bits per heavy atom. The van der Waals surface area contributed by atoms with E-state index in [4.69, 9.17) is 13.9 Å². The maximum absolute atomic E-state index is 13.0. The lowest BCUT2D eigenvalue weighted by Gasteiger charge is -2.12. The summed E-state index contributed by atoms with van der Waals surface area (Å²) >= 11 is 0. The van der Waals surface area contributed by atoms with Crippen LogP contribution in [0.1, 0.15) is 5.69 Å². The van der Waals surface area contributed by atoms with Crippen LogP contribution in [0.15, 0.2) is 64.2 Å². The van der Waals surface area contributed by atoms with Crippen molar-refractivity contribution in [2.45, 2.75) is 6.42 Å². The molecule has 0 spiro atoms. The van der Waals surface area contributed by atoms with Crippen molar-refractivity contribution in [1.29, 1.82) is 0 Å². The van der Waals surface area contributed by atoms with Crippen LogP contribution >= 0.6 is 24.0 Å². The van der Waals surface area contributed by atoms with Crippen LogP contribution in [-0.4, -0.2) is 44.8 Å². The van der Waals surface area contributed by atoms with Crippen LogP contribution in [0.25, 0.3) is 11.5 Å². The summed E-state index contributed by atoms with van der Waals surface area (Å²) in [5, 5.41) is 6.42. The van der Waals surface area contributed by atoms with Gasteiger partial charge in [0, 0.05) is 25.6 Å². The first-order chi connectivity index (χ1) is 14.7. The van der Waals surface area contributed by atoms with E-state index in [9.17, 15) is 4.39 Å². The fraction of sp³-hybridized carbons (Fsp3) is 0.273. The molecular weight excluding hydrogens is 514 g/mol. The molecule has 2 aromatic carbocycles. The fourth-order valence-electron chi connectivity index (χ4n) is 2.69. The Balaban J connectivity index is 0.00000341. The van der Waals surface area contributed by atoms with Crippen molar-refractivity contribution in [3.63, 3.8) is 0 Å². The Hall–Kier alpha value is -2.82. The highest BCUT2D eigenvalue weighted by Crippen LogP contribution is 2.19. The molecule has 3 aromatic rings. The highest BCUT2D eigenvalue weighted by molar-refractivity contribution is 14.0. The molecule has 0 atom stereocenters. The number of nitrogens with one attached hydrogen (secondary N) is 2. The summed E-state index contributed by atoms with van der Waals surface area (Å²) in [5.41, 5.74) is 1.55. The summed E-state index contributed by atoms with van der Waals surface area (Å²) in [4.78, 5) is 8.63. The number of guanidine groups is 1. The number of aliphatic imine (C=N–C) groups is 1. The molecule has 166 valence electrons. The summed E-state index contributed by atoms with van der Waals surface area (Å²) in [7, 11) is 3.34. The number of aromatic nitrogens is 1. The molecule has 2 N–H and O–H groups in total. The van der Waals surface area contributed by atoms with Gasteiger partial charge in [-0.1, -0.05) is 0 Å². The Kier molecular flexibility index (Phi) is 10.1. The lowest BCUT2D eigenvalue weighted by molar-refractivity contribution is 0.321. The van der Waals surface area contributed by atoms with E-state index < -0.39 is 0 Å². The van der Waals surface area contributed by atoms with Gasteiger partial charge in [0.25, 0.3) is 0 Å². The summed E-state index contributed by atoms with van der Waals surface area (Å²) in [6.07, 6.45) is 2.27. The summed E-state index contributed by atoms with van der Waals surface area (Å²) in [6.45, 7) is 1.73. The fourth-order valence-corrected chi connectivity index (χ4v) is 2.69. The molecule has 7 nitrogen and oxygen atoms in total. The van der Waals surface area contributed by atoms with E-state index in [1.165, 1.54) is 12.1 Å². The molecular formula is C22H26FIN4O3. The molecule has 31 heavy (non-hydrogen) atoms. The molecule has 0 saturated carbocycles. The second kappa shape index (κ2) is 12.8. The zero-order valence-electron chi connectivity index (χ0n) is 17.4. The predicted octanol–water partition coefficient (Wildman–Crippen LogP) is 3.89. The third kappa shape index (κ3) is 7.74. The van der Waals surface area contributed by atoms with Crippen LogP contribution in [0.5, 0.6) is 11.5 Å². The average Bonchev–Trinajstić information content (AvgIpc) is 3.25. The van der Waals surface area contributed by atoms with Gasteiger partial charge in [-0.2, -0.15) is 0 Å². The second-order valence-electron chi connectivity index (χ2n) is 6.35. The van der Waals surface area contributed by atoms with E-state index in [1.807, 2.05) is 24.3 Å². The minimum Gasteiger partial charge on any atom is -0.497 e. The highest BCUT2D eigenvalue weighted by Gasteiger charge is 2.07. The Bertz CT molecular complexity index is 946. The summed E-state index contributed by atoms with van der Waals surface area (Å²) < 4.78 is 29.3. The molecule has 0 aliphatic carbocycles. The van der Waals surface area contributed by atoms with Gasteiger partial charge < -0.3 is 24.5 Å². The minimum absolute atomic E-state index is 0. The predicted molar refractivity (Wildman–Crippen MR) is 129 cm³/mol. The third-order valence-electron chi connectivity index (χ3n) is 4.26. The Labute approximate surface area is 198 Å². The number of benzene rings is 2. The molecule has 3 rings (SSSR count). The van der Waals surface area contributed by atoms with Crippen molar-refractivity contribution >= 4 is 29.9 Å². The van der Waals surface area contributed by atoms with Gasteiger partial charge in [0.2, 0.25) is 5.89 Å². The molecule has 0 amide bonds. The Morgan fingerprint density at radius 2 is 1.71 bits per heavy atom. The molecule has 0 aliphatic heterocycles. The molecule has 0 bridgehead atoms. The quantitative estimate of drug-likeness (QED) is 0.186. The summed E-state index contributed by atoms with van der Waals surface area (Å²) in [5.74, 6) is 2.44. The van der Waals surface area contributed by atoms with Crippen LogP contribution in [-0.2, 0) is 6.42 Å². The van der Waals surface area contributed by atoms with E-state index >= 15 is 0 Å². The smallest absolute Gasteiger partial charge is 0.226 e. The van der Waals surface area contributed by atoms with Gasteiger partial charge in [-0.15, -0.1) is 24.0 Å². The molecule has 0 radical (unpaired) electrons. The molecule has 1 aromatic heterocycles. The molecule has 9 heteroatoms. The van der Waals surface area contributed by atoms with Crippen molar-refractivity contribution in [3.05, 3.63) is 66.3 Å². The van der Waals surface area contributed by atoms with Gasteiger partial charge in [0.05, 0.1) is 19.3 Å². The number of nitrogens with zero attached hydrogens (tertiary/aromatic N) is 2. The number of rotatable bonds is 9. The van der Waals surface area contributed by atoms with Gasteiger partial charge in [-0.3, -0.25) is 4.99 Å². The van der Waals surface area contributed by atoms with E-state index in [0.717, 1.165) is 22.8 Å². The maximum atomic E-state index is 13.0. The first-order valence-electron chi connectivity index (χ1n) is 9.59. The standard InChI is InChI=1S/C22H25FN4O3.HI/c1-24-22(26-13-14-29-20-9-7-19(28-2)8-10-20)25-12-11-18-15-30-21(27-18)16-3-5-17(23)6-4-16;/h3-10,15H,11-14H2,1-2H3,(H2,24,25,26);1H. The lowest BCUT2D eigenvalue weighted by atomic mass is 10.2. The van der Waals surface area contributed by atoms with Crippen LogP contribution in [0.4, 0.5) is 4.39 Å². The van der Waals surface area contributed by atoms with Crippen molar-refractivity contribution in [2.75, 3.05) is 33.9 Å². The molecule has 0 unspecified atom stereocenters. The second-order valence-corrected chi connectivity index (χ2v) is 6.35. The number of methoxy groups -OCH3 is 1. The third-order valence-corrected chi connectivity index (χ3v) is 4.26. The topological polar surface area (TPSA) is 80.9 Å². The largest absolute Gasteiger partial charge is 0.497 e. The van der Waals surface area contributed by atoms with E-state index in [2.05, 4.69) is 20.6 Å². The molecule has 0 saturated heterocycles. The number of ether oxygens (including phenoxy) is 2. The lowest BCUT2D eigenvalue weighted by Crippen LogP contribution is -2.40. The van der Waals surface area contributed by atoms with Gasteiger partial charge in [-0.25, -0.2) is 9.37 Å². The van der Waals surface area contributed by atoms with Crippen molar-refractivity contribution in [2.24, 2.45) is 4.99 Å². The SMILES string of the molecule is CN=C(NCCOc1ccc(OC)cc1)NCCc1coc(-c2ccc(F)cc2)n1.I. The monoisotopic (exact) mass is 540 g/mol. The van der Waals surface area contributed by atoms with Gasteiger partial charge in [0.15, 0.2) is 5.96 Å². The summed E-state index contributed by atoms with van der Waals surface area (Å²) in [6, 6.07) is 13.5. The van der Waals surface area contributed by atoms with Gasteiger partial charge in [-0.05, 0) is 48.5 Å². The average molecular weight is 540 g/mol. The van der Waals surface area contributed by atoms with Crippen LogP contribution in [0.3, 0.4) is 0 Å². The van der Waals surface area contributed by atoms with Crippen LogP contribution in [0.2, 0.25) is 0 Å².